The van der Waals surface area contributed by atoms with E-state index in [1.807, 2.05) is 25.1 Å². The molecule has 1 heterocycles. The average molecular weight is 261 g/mol. The largest absolute Gasteiger partial charge is 0.496 e. The third kappa shape index (κ3) is 2.89. The molecule has 0 aliphatic heterocycles. The summed E-state index contributed by atoms with van der Waals surface area (Å²) in [7, 11) is 1.62. The number of hydrogen-bond acceptors (Lipinski definition) is 4. The molecule has 0 spiro atoms. The van der Waals surface area contributed by atoms with E-state index in [1.54, 1.807) is 13.3 Å². The monoisotopic (exact) mass is 261 g/mol. The SMILES string of the molecule is COc1ccc(C(NN)c2cncc(F)c2)cc1C. The average Bonchev–Trinajstić information content (AvgIpc) is 2.40. The first-order valence-electron chi connectivity index (χ1n) is 5.87. The molecule has 2 rings (SSSR count). The van der Waals surface area contributed by atoms with Crippen LogP contribution in [0.5, 0.6) is 5.75 Å². The van der Waals surface area contributed by atoms with Crippen LogP contribution in [0.2, 0.25) is 0 Å². The molecule has 0 bridgehead atoms. The van der Waals surface area contributed by atoms with E-state index in [0.29, 0.717) is 5.56 Å². The molecule has 19 heavy (non-hydrogen) atoms. The Kier molecular flexibility index (Phi) is 4.09. The predicted molar refractivity (Wildman–Crippen MR) is 71.1 cm³/mol. The summed E-state index contributed by atoms with van der Waals surface area (Å²) in [5.74, 6) is 5.99. The van der Waals surface area contributed by atoms with Gasteiger partial charge in [-0.25, -0.2) is 9.82 Å². The summed E-state index contributed by atoms with van der Waals surface area (Å²) in [4.78, 5) is 3.84. The van der Waals surface area contributed by atoms with Gasteiger partial charge >= 0.3 is 0 Å². The molecule has 3 N–H and O–H groups in total. The van der Waals surface area contributed by atoms with Crippen molar-refractivity contribution < 1.29 is 9.13 Å². The molecule has 0 saturated heterocycles. The third-order valence-electron chi connectivity index (χ3n) is 2.98. The van der Waals surface area contributed by atoms with Gasteiger partial charge in [0.15, 0.2) is 0 Å². The second kappa shape index (κ2) is 5.77. The van der Waals surface area contributed by atoms with Gasteiger partial charge in [-0.15, -0.1) is 0 Å². The van der Waals surface area contributed by atoms with Crippen molar-refractivity contribution in [1.82, 2.24) is 10.4 Å². The first-order chi connectivity index (χ1) is 9.15. The number of aromatic nitrogens is 1. The van der Waals surface area contributed by atoms with Crippen molar-refractivity contribution in [2.45, 2.75) is 13.0 Å². The van der Waals surface area contributed by atoms with E-state index >= 15 is 0 Å². The maximum Gasteiger partial charge on any atom is 0.141 e. The highest BCUT2D eigenvalue weighted by atomic mass is 19.1. The quantitative estimate of drug-likeness (QED) is 0.653. The normalized spacial score (nSPS) is 12.2. The molecule has 1 unspecified atom stereocenters. The molecule has 0 radical (unpaired) electrons. The van der Waals surface area contributed by atoms with Gasteiger partial charge in [0.2, 0.25) is 0 Å². The lowest BCUT2D eigenvalue weighted by atomic mass is 9.99. The van der Waals surface area contributed by atoms with Crippen LogP contribution < -0.4 is 16.0 Å². The highest BCUT2D eigenvalue weighted by molar-refractivity contribution is 5.40. The molecule has 1 atom stereocenters. The zero-order valence-corrected chi connectivity index (χ0v) is 10.9. The van der Waals surface area contributed by atoms with Crippen LogP contribution in [0.4, 0.5) is 4.39 Å². The number of rotatable bonds is 4. The minimum atomic E-state index is -0.386. The van der Waals surface area contributed by atoms with E-state index < -0.39 is 0 Å². The van der Waals surface area contributed by atoms with Crippen LogP contribution in [0, 0.1) is 12.7 Å². The summed E-state index contributed by atoms with van der Waals surface area (Å²) >= 11 is 0. The van der Waals surface area contributed by atoms with Gasteiger partial charge in [0, 0.05) is 6.20 Å². The van der Waals surface area contributed by atoms with Gasteiger partial charge in [-0.1, -0.05) is 12.1 Å². The van der Waals surface area contributed by atoms with Gasteiger partial charge in [0.05, 0.1) is 19.3 Å². The molecular formula is C14H16FN3O. The number of hydrazine groups is 1. The van der Waals surface area contributed by atoms with Gasteiger partial charge in [-0.05, 0) is 35.7 Å². The second-order valence-electron chi connectivity index (χ2n) is 4.27. The molecule has 0 aliphatic carbocycles. The lowest BCUT2D eigenvalue weighted by Gasteiger charge is -2.18. The summed E-state index contributed by atoms with van der Waals surface area (Å²) in [5, 5.41) is 0. The first kappa shape index (κ1) is 13.5. The zero-order valence-electron chi connectivity index (χ0n) is 10.9. The number of nitrogens with one attached hydrogen (secondary N) is 1. The van der Waals surface area contributed by atoms with Gasteiger partial charge in [0.25, 0.3) is 0 Å². The molecule has 4 nitrogen and oxygen atoms in total. The van der Waals surface area contributed by atoms with Crippen LogP contribution in [0.3, 0.4) is 0 Å². The van der Waals surface area contributed by atoms with Crippen molar-refractivity contribution in [2.24, 2.45) is 5.84 Å². The van der Waals surface area contributed by atoms with Gasteiger partial charge in [-0.3, -0.25) is 10.8 Å². The smallest absolute Gasteiger partial charge is 0.141 e. The molecule has 0 saturated carbocycles. The summed E-state index contributed by atoms with van der Waals surface area (Å²) in [6.07, 6.45) is 2.75. The standard InChI is InChI=1S/C14H16FN3O/c1-9-5-10(3-4-13(9)19-2)14(18-16)11-6-12(15)8-17-7-11/h3-8,14,18H,16H2,1-2H3. The first-order valence-corrected chi connectivity index (χ1v) is 5.87. The Morgan fingerprint density at radius 1 is 1.26 bits per heavy atom. The van der Waals surface area contributed by atoms with Crippen LogP contribution in [0.25, 0.3) is 0 Å². The third-order valence-corrected chi connectivity index (χ3v) is 2.98. The minimum absolute atomic E-state index is 0.312. The maximum absolute atomic E-state index is 13.2. The number of aryl methyl sites for hydroxylation is 1. The van der Waals surface area contributed by atoms with Crippen LogP contribution >= 0.6 is 0 Å². The van der Waals surface area contributed by atoms with Gasteiger partial charge < -0.3 is 4.74 Å². The predicted octanol–water partition coefficient (Wildman–Crippen LogP) is 2.09. The number of hydrogen-bond donors (Lipinski definition) is 2. The van der Waals surface area contributed by atoms with Crippen molar-refractivity contribution in [1.29, 1.82) is 0 Å². The molecule has 0 fully saturated rings. The van der Waals surface area contributed by atoms with Gasteiger partial charge in [-0.2, -0.15) is 0 Å². The Morgan fingerprint density at radius 3 is 2.63 bits per heavy atom. The number of ether oxygens (including phenoxy) is 1. The lowest BCUT2D eigenvalue weighted by molar-refractivity contribution is 0.411. The van der Waals surface area contributed by atoms with E-state index in [9.17, 15) is 4.39 Å². The zero-order chi connectivity index (χ0) is 13.8. The second-order valence-corrected chi connectivity index (χ2v) is 4.27. The minimum Gasteiger partial charge on any atom is -0.496 e. The summed E-state index contributed by atoms with van der Waals surface area (Å²) in [5.41, 5.74) is 5.27. The van der Waals surface area contributed by atoms with Crippen molar-refractivity contribution in [2.75, 3.05) is 7.11 Å². The van der Waals surface area contributed by atoms with E-state index in [1.165, 1.54) is 6.07 Å². The molecule has 1 aromatic heterocycles. The maximum atomic E-state index is 13.2. The highest BCUT2D eigenvalue weighted by Gasteiger charge is 2.14. The topological polar surface area (TPSA) is 60.2 Å². The molecular weight excluding hydrogens is 245 g/mol. The van der Waals surface area contributed by atoms with Crippen LogP contribution in [-0.4, -0.2) is 12.1 Å². The van der Waals surface area contributed by atoms with E-state index in [-0.39, 0.29) is 11.9 Å². The molecule has 0 amide bonds. The number of nitrogens with two attached hydrogens (primary N) is 1. The van der Waals surface area contributed by atoms with Crippen molar-refractivity contribution in [3.8, 4) is 5.75 Å². The Morgan fingerprint density at radius 2 is 2.05 bits per heavy atom. The molecule has 2 aromatic rings. The van der Waals surface area contributed by atoms with Crippen molar-refractivity contribution in [3.05, 3.63) is 59.2 Å². The Labute approximate surface area is 111 Å². The van der Waals surface area contributed by atoms with Crippen molar-refractivity contribution >= 4 is 0 Å². The number of methoxy groups -OCH3 is 1. The van der Waals surface area contributed by atoms with Crippen molar-refractivity contribution in [3.63, 3.8) is 0 Å². The number of nitrogens with zero attached hydrogens (tertiary/aromatic N) is 1. The number of halogens is 1. The molecule has 5 heteroatoms. The highest BCUT2D eigenvalue weighted by Crippen LogP contribution is 2.26. The Balaban J connectivity index is 2.39. The van der Waals surface area contributed by atoms with Gasteiger partial charge in [0.1, 0.15) is 11.6 Å². The fraction of sp³-hybridized carbons (Fsp3) is 0.214. The van der Waals surface area contributed by atoms with Crippen LogP contribution in [0.15, 0.2) is 36.7 Å². The lowest BCUT2D eigenvalue weighted by Crippen LogP contribution is -2.29. The molecule has 100 valence electrons. The fourth-order valence-corrected chi connectivity index (χ4v) is 2.05. The summed E-state index contributed by atoms with van der Waals surface area (Å²) in [6, 6.07) is 6.81. The van der Waals surface area contributed by atoms with Crippen LogP contribution in [0.1, 0.15) is 22.7 Å². The molecule has 0 aliphatic rings. The summed E-state index contributed by atoms with van der Waals surface area (Å²) in [6.45, 7) is 1.94. The Hall–Kier alpha value is -1.98. The summed E-state index contributed by atoms with van der Waals surface area (Å²) < 4.78 is 18.4. The van der Waals surface area contributed by atoms with E-state index in [2.05, 4.69) is 10.4 Å². The number of benzene rings is 1. The van der Waals surface area contributed by atoms with Crippen LogP contribution in [-0.2, 0) is 0 Å². The van der Waals surface area contributed by atoms with E-state index in [4.69, 9.17) is 10.6 Å². The van der Waals surface area contributed by atoms with E-state index in [0.717, 1.165) is 23.1 Å². The number of pyridine rings is 1. The Bertz CT molecular complexity index is 574. The fourth-order valence-electron chi connectivity index (χ4n) is 2.05. The molecule has 1 aromatic carbocycles.